The second-order valence-electron chi connectivity index (χ2n) is 6.60. The number of hydrogen-bond donors (Lipinski definition) is 2. The van der Waals surface area contributed by atoms with Gasteiger partial charge in [0.15, 0.2) is 5.82 Å². The second kappa shape index (κ2) is 8.39. The van der Waals surface area contributed by atoms with Crippen LogP contribution in [-0.2, 0) is 10.0 Å². The number of aryl methyl sites for hydroxylation is 2. The van der Waals surface area contributed by atoms with Gasteiger partial charge in [0, 0.05) is 19.8 Å². The van der Waals surface area contributed by atoms with E-state index in [-0.39, 0.29) is 16.1 Å². The van der Waals surface area contributed by atoms with E-state index in [1.165, 1.54) is 12.3 Å². The van der Waals surface area contributed by atoms with Crippen LogP contribution in [0.5, 0.6) is 0 Å². The number of anilines is 2. The van der Waals surface area contributed by atoms with Crippen LogP contribution in [-0.4, -0.2) is 38.1 Å². The highest BCUT2D eigenvalue weighted by molar-refractivity contribution is 7.92. The van der Waals surface area contributed by atoms with Crippen molar-refractivity contribution in [1.82, 2.24) is 4.98 Å². The van der Waals surface area contributed by atoms with E-state index in [1.807, 2.05) is 24.8 Å². The van der Waals surface area contributed by atoms with E-state index < -0.39 is 16.0 Å². The van der Waals surface area contributed by atoms with Gasteiger partial charge in [-0.05, 0) is 49.6 Å². The molecule has 0 aliphatic carbocycles. The first-order valence-electron chi connectivity index (χ1n) is 8.69. The fourth-order valence-corrected chi connectivity index (χ4v) is 3.99. The van der Waals surface area contributed by atoms with Crippen LogP contribution in [0, 0.1) is 13.8 Å². The fourth-order valence-electron chi connectivity index (χ4n) is 2.75. The molecule has 27 heavy (non-hydrogen) atoms. The molecule has 0 unspecified atom stereocenters. The number of nitrogens with zero attached hydrogens (tertiary/aromatic N) is 2. The number of hydrogen-bond acceptors (Lipinski definition) is 5. The monoisotopic (exact) mass is 391 g/mol. The lowest BCUT2D eigenvalue weighted by Crippen LogP contribution is -2.23. The van der Waals surface area contributed by atoms with Crippen molar-refractivity contribution in [3.05, 3.63) is 47.2 Å². The number of carboxylic acid groups (broad SMARTS) is 1. The maximum absolute atomic E-state index is 12.9. The largest absolute Gasteiger partial charge is 0.478 e. The highest BCUT2D eigenvalue weighted by Gasteiger charge is 2.20. The molecule has 1 aromatic heterocycles. The van der Waals surface area contributed by atoms with Crippen molar-refractivity contribution in [2.24, 2.45) is 0 Å². The number of carbonyl (C=O) groups is 1. The van der Waals surface area contributed by atoms with Crippen LogP contribution in [0.3, 0.4) is 0 Å². The van der Waals surface area contributed by atoms with Gasteiger partial charge in [-0.3, -0.25) is 4.72 Å². The first-order valence-corrected chi connectivity index (χ1v) is 10.2. The van der Waals surface area contributed by atoms with Crippen molar-refractivity contribution in [3.63, 3.8) is 0 Å². The van der Waals surface area contributed by atoms with Gasteiger partial charge >= 0.3 is 5.97 Å². The predicted octanol–water partition coefficient (Wildman–Crippen LogP) is 3.43. The molecular weight excluding hydrogens is 366 g/mol. The summed E-state index contributed by atoms with van der Waals surface area (Å²) in [5, 5.41) is 9.24. The van der Waals surface area contributed by atoms with Crippen LogP contribution in [0.1, 0.15) is 41.3 Å². The Kier molecular flexibility index (Phi) is 6.43. The van der Waals surface area contributed by atoms with E-state index in [0.29, 0.717) is 12.4 Å². The lowest BCUT2D eigenvalue weighted by Gasteiger charge is -2.22. The van der Waals surface area contributed by atoms with E-state index in [1.54, 1.807) is 19.2 Å². The van der Waals surface area contributed by atoms with Crippen molar-refractivity contribution in [2.45, 2.75) is 38.5 Å². The van der Waals surface area contributed by atoms with Crippen LogP contribution in [0.4, 0.5) is 11.5 Å². The summed E-state index contributed by atoms with van der Waals surface area (Å²) in [5.74, 6) is -0.779. The van der Waals surface area contributed by atoms with Gasteiger partial charge in [-0.25, -0.2) is 18.2 Å². The minimum absolute atomic E-state index is 0.0826. The van der Waals surface area contributed by atoms with Gasteiger partial charge in [-0.2, -0.15) is 0 Å². The van der Waals surface area contributed by atoms with E-state index >= 15 is 0 Å². The lowest BCUT2D eigenvalue weighted by atomic mass is 10.2. The van der Waals surface area contributed by atoms with Gasteiger partial charge in [0.1, 0.15) is 0 Å². The summed E-state index contributed by atoms with van der Waals surface area (Å²) in [4.78, 5) is 17.4. The Morgan fingerprint density at radius 2 is 1.81 bits per heavy atom. The average Bonchev–Trinajstić information content (AvgIpc) is 2.58. The lowest BCUT2D eigenvalue weighted by molar-refractivity contribution is 0.0696. The number of carboxylic acids is 1. The maximum Gasteiger partial charge on any atom is 0.337 e. The molecule has 0 bridgehead atoms. The summed E-state index contributed by atoms with van der Waals surface area (Å²) in [6, 6.07) is 6.33. The zero-order chi connectivity index (χ0) is 20.2. The highest BCUT2D eigenvalue weighted by Crippen LogP contribution is 2.27. The van der Waals surface area contributed by atoms with Crippen molar-refractivity contribution >= 4 is 27.5 Å². The Labute approximate surface area is 160 Å². The number of nitrogens with one attached hydrogen (secondary N) is 1. The standard InChI is InChI=1S/C19H25N3O4S/c1-5-6-7-22(4)18-17(11-15(12-20-18)19(23)24)21-27(25,26)16-9-13(2)8-14(3)10-16/h8-12,21H,5-7H2,1-4H3,(H,23,24). The molecule has 2 aromatic rings. The molecule has 1 heterocycles. The molecule has 1 aromatic carbocycles. The minimum atomic E-state index is -3.89. The molecule has 0 aliphatic heterocycles. The Morgan fingerprint density at radius 1 is 1.19 bits per heavy atom. The molecule has 0 atom stereocenters. The Balaban J connectivity index is 2.47. The van der Waals surface area contributed by atoms with E-state index in [4.69, 9.17) is 0 Å². The Hall–Kier alpha value is -2.61. The van der Waals surface area contributed by atoms with Crippen molar-refractivity contribution in [1.29, 1.82) is 0 Å². The van der Waals surface area contributed by atoms with Crippen LogP contribution in [0.2, 0.25) is 0 Å². The van der Waals surface area contributed by atoms with Gasteiger partial charge < -0.3 is 10.0 Å². The van der Waals surface area contributed by atoms with Gasteiger partial charge in [0.25, 0.3) is 10.0 Å². The molecule has 7 nitrogen and oxygen atoms in total. The zero-order valence-corrected chi connectivity index (χ0v) is 16.8. The number of aromatic nitrogens is 1. The molecular formula is C19H25N3O4S. The molecule has 8 heteroatoms. The molecule has 2 N–H and O–H groups in total. The van der Waals surface area contributed by atoms with Crippen molar-refractivity contribution < 1.29 is 18.3 Å². The molecule has 0 spiro atoms. The van der Waals surface area contributed by atoms with Crippen LogP contribution in [0.25, 0.3) is 0 Å². The van der Waals surface area contributed by atoms with Crippen molar-refractivity contribution in [2.75, 3.05) is 23.2 Å². The molecule has 0 fully saturated rings. The summed E-state index contributed by atoms with van der Waals surface area (Å²) in [7, 11) is -2.09. The SMILES string of the molecule is CCCCN(C)c1ncc(C(=O)O)cc1NS(=O)(=O)c1cc(C)cc(C)c1. The third-order valence-electron chi connectivity index (χ3n) is 4.07. The summed E-state index contributed by atoms with van der Waals surface area (Å²) < 4.78 is 28.3. The summed E-state index contributed by atoms with van der Waals surface area (Å²) in [6.07, 6.45) is 3.11. The predicted molar refractivity (Wildman–Crippen MR) is 106 cm³/mol. The third-order valence-corrected chi connectivity index (χ3v) is 5.42. The van der Waals surface area contributed by atoms with E-state index in [2.05, 4.69) is 16.6 Å². The van der Waals surface area contributed by atoms with Crippen LogP contribution in [0.15, 0.2) is 35.4 Å². The minimum Gasteiger partial charge on any atom is -0.478 e. The number of benzene rings is 1. The zero-order valence-electron chi connectivity index (χ0n) is 16.0. The fraction of sp³-hybridized carbons (Fsp3) is 0.368. The number of sulfonamides is 1. The number of aromatic carboxylic acids is 1. The molecule has 0 radical (unpaired) electrons. The van der Waals surface area contributed by atoms with Gasteiger partial charge in [-0.15, -0.1) is 0 Å². The highest BCUT2D eigenvalue weighted by atomic mass is 32.2. The normalized spacial score (nSPS) is 11.3. The molecule has 0 saturated heterocycles. The van der Waals surface area contributed by atoms with E-state index in [0.717, 1.165) is 24.0 Å². The first kappa shape index (κ1) is 20.7. The Morgan fingerprint density at radius 3 is 2.37 bits per heavy atom. The number of pyridine rings is 1. The number of rotatable bonds is 8. The summed E-state index contributed by atoms with van der Waals surface area (Å²) >= 11 is 0. The average molecular weight is 391 g/mol. The molecule has 0 amide bonds. The molecule has 146 valence electrons. The topological polar surface area (TPSA) is 99.6 Å². The van der Waals surface area contributed by atoms with Gasteiger partial charge in [-0.1, -0.05) is 19.4 Å². The Bertz CT molecular complexity index is 922. The smallest absolute Gasteiger partial charge is 0.337 e. The molecule has 0 saturated carbocycles. The molecule has 0 aliphatic rings. The number of unbranched alkanes of at least 4 members (excludes halogenated alkanes) is 1. The maximum atomic E-state index is 12.9. The first-order chi connectivity index (χ1) is 12.6. The van der Waals surface area contributed by atoms with Gasteiger partial charge in [0.05, 0.1) is 16.1 Å². The summed E-state index contributed by atoms with van der Waals surface area (Å²) in [5.41, 5.74) is 1.72. The van der Waals surface area contributed by atoms with E-state index in [9.17, 15) is 18.3 Å². The third kappa shape index (κ3) is 5.19. The molecule has 2 rings (SSSR count). The quantitative estimate of drug-likeness (QED) is 0.715. The van der Waals surface area contributed by atoms with Crippen LogP contribution >= 0.6 is 0 Å². The van der Waals surface area contributed by atoms with Crippen LogP contribution < -0.4 is 9.62 Å². The van der Waals surface area contributed by atoms with Gasteiger partial charge in [0.2, 0.25) is 0 Å². The van der Waals surface area contributed by atoms with Crippen molar-refractivity contribution in [3.8, 4) is 0 Å². The second-order valence-corrected chi connectivity index (χ2v) is 8.29. The summed E-state index contributed by atoms with van der Waals surface area (Å²) in [6.45, 7) is 6.37.